The number of hydrogen-bond donors (Lipinski definition) is 2. The summed E-state index contributed by atoms with van der Waals surface area (Å²) in [5, 5.41) is 12.0. The fourth-order valence-electron chi connectivity index (χ4n) is 2.19. The predicted molar refractivity (Wildman–Crippen MR) is 43.8 cm³/mol. The second-order valence-corrected chi connectivity index (χ2v) is 4.04. The van der Waals surface area contributed by atoms with Crippen molar-refractivity contribution in [2.45, 2.75) is 13.3 Å². The van der Waals surface area contributed by atoms with Gasteiger partial charge >= 0.3 is 5.97 Å². The van der Waals surface area contributed by atoms with Crippen LogP contribution in [0.15, 0.2) is 0 Å². The SMILES string of the molecule is CC12CNCC(C(=O)O)C1C2.O. The molecule has 1 saturated heterocycles. The average molecular weight is 173 g/mol. The number of rotatable bonds is 1. The van der Waals surface area contributed by atoms with Crippen LogP contribution in [0.2, 0.25) is 0 Å². The summed E-state index contributed by atoms with van der Waals surface area (Å²) in [5.41, 5.74) is 0.307. The number of nitrogens with one attached hydrogen (secondary N) is 1. The smallest absolute Gasteiger partial charge is 0.308 e. The third-order valence-corrected chi connectivity index (χ3v) is 3.12. The van der Waals surface area contributed by atoms with Crippen LogP contribution in [-0.2, 0) is 4.79 Å². The van der Waals surface area contributed by atoms with E-state index < -0.39 is 5.97 Å². The van der Waals surface area contributed by atoms with Gasteiger partial charge in [-0.15, -0.1) is 0 Å². The molecule has 0 aromatic heterocycles. The van der Waals surface area contributed by atoms with Gasteiger partial charge in [-0.2, -0.15) is 0 Å². The fourth-order valence-corrected chi connectivity index (χ4v) is 2.19. The molecule has 0 spiro atoms. The Morgan fingerprint density at radius 2 is 2.33 bits per heavy atom. The van der Waals surface area contributed by atoms with Crippen LogP contribution in [0, 0.1) is 17.3 Å². The molecule has 0 radical (unpaired) electrons. The summed E-state index contributed by atoms with van der Waals surface area (Å²) >= 11 is 0. The molecule has 0 aromatic carbocycles. The highest BCUT2D eigenvalue weighted by Crippen LogP contribution is 2.57. The van der Waals surface area contributed by atoms with Crippen LogP contribution in [0.1, 0.15) is 13.3 Å². The molecular weight excluding hydrogens is 158 g/mol. The van der Waals surface area contributed by atoms with E-state index in [9.17, 15) is 4.79 Å². The molecule has 12 heavy (non-hydrogen) atoms. The molecule has 70 valence electrons. The molecule has 0 aromatic rings. The molecule has 1 aliphatic heterocycles. The maximum Gasteiger partial charge on any atom is 0.308 e. The van der Waals surface area contributed by atoms with E-state index in [0.717, 1.165) is 13.0 Å². The summed E-state index contributed by atoms with van der Waals surface area (Å²) in [7, 11) is 0. The number of fused-ring (bicyclic) bond motifs is 1. The Morgan fingerprint density at radius 3 is 2.83 bits per heavy atom. The van der Waals surface area contributed by atoms with Crippen LogP contribution < -0.4 is 5.32 Å². The summed E-state index contributed by atoms with van der Waals surface area (Å²) in [5.74, 6) is -0.319. The molecule has 3 unspecified atom stereocenters. The Morgan fingerprint density at radius 1 is 1.67 bits per heavy atom. The standard InChI is InChI=1S/C8H13NO2.H2O/c1-8-2-6(8)5(7(10)11)3-9-4-8;/h5-6,9H,2-4H2,1H3,(H,10,11);1H2. The lowest BCUT2D eigenvalue weighted by molar-refractivity contribution is -0.143. The van der Waals surface area contributed by atoms with Crippen LogP contribution in [0.25, 0.3) is 0 Å². The molecule has 2 rings (SSSR count). The normalized spacial score (nSPS) is 44.1. The Balaban J connectivity index is 0.000000720. The van der Waals surface area contributed by atoms with Crippen molar-refractivity contribution in [1.82, 2.24) is 5.32 Å². The maximum atomic E-state index is 10.7. The molecule has 3 atom stereocenters. The van der Waals surface area contributed by atoms with Crippen molar-refractivity contribution in [1.29, 1.82) is 0 Å². The van der Waals surface area contributed by atoms with Crippen LogP contribution in [-0.4, -0.2) is 29.6 Å². The second-order valence-electron chi connectivity index (χ2n) is 4.04. The summed E-state index contributed by atoms with van der Waals surface area (Å²) in [6.07, 6.45) is 1.09. The molecule has 0 amide bonds. The van der Waals surface area contributed by atoms with E-state index in [0.29, 0.717) is 17.9 Å². The van der Waals surface area contributed by atoms with Crippen molar-refractivity contribution in [3.05, 3.63) is 0 Å². The van der Waals surface area contributed by atoms with Gasteiger partial charge in [0.2, 0.25) is 0 Å². The van der Waals surface area contributed by atoms with Crippen LogP contribution in [0.3, 0.4) is 0 Å². The highest BCUT2D eigenvalue weighted by molar-refractivity contribution is 5.71. The first kappa shape index (κ1) is 9.48. The molecule has 2 fully saturated rings. The first-order chi connectivity index (χ1) is 5.13. The van der Waals surface area contributed by atoms with Crippen molar-refractivity contribution in [3.63, 3.8) is 0 Å². The van der Waals surface area contributed by atoms with Gasteiger partial charge in [-0.3, -0.25) is 4.79 Å². The summed E-state index contributed by atoms with van der Waals surface area (Å²) in [6.45, 7) is 3.83. The quantitative estimate of drug-likeness (QED) is 0.560. The number of hydrogen-bond acceptors (Lipinski definition) is 2. The van der Waals surface area contributed by atoms with Crippen LogP contribution >= 0.6 is 0 Å². The van der Waals surface area contributed by atoms with E-state index in [2.05, 4.69) is 12.2 Å². The van der Waals surface area contributed by atoms with Gasteiger partial charge in [0.15, 0.2) is 0 Å². The van der Waals surface area contributed by atoms with Gasteiger partial charge in [-0.1, -0.05) is 6.92 Å². The fraction of sp³-hybridized carbons (Fsp3) is 0.875. The van der Waals surface area contributed by atoms with Gasteiger partial charge in [-0.05, 0) is 17.8 Å². The zero-order valence-corrected chi connectivity index (χ0v) is 7.13. The Labute approximate surface area is 71.3 Å². The van der Waals surface area contributed by atoms with E-state index in [1.165, 1.54) is 0 Å². The minimum absolute atomic E-state index is 0. The van der Waals surface area contributed by atoms with E-state index in [4.69, 9.17) is 5.11 Å². The maximum absolute atomic E-state index is 10.7. The minimum Gasteiger partial charge on any atom is -0.481 e. The third kappa shape index (κ3) is 1.21. The van der Waals surface area contributed by atoms with Gasteiger partial charge in [-0.25, -0.2) is 0 Å². The monoisotopic (exact) mass is 173 g/mol. The topological polar surface area (TPSA) is 80.8 Å². The Hall–Kier alpha value is -0.610. The summed E-state index contributed by atoms with van der Waals surface area (Å²) in [4.78, 5) is 10.7. The second kappa shape index (κ2) is 2.71. The summed E-state index contributed by atoms with van der Waals surface area (Å²) in [6, 6.07) is 0. The van der Waals surface area contributed by atoms with Crippen molar-refractivity contribution in [2.75, 3.05) is 13.1 Å². The number of piperidine rings is 1. The lowest BCUT2D eigenvalue weighted by atomic mass is 9.92. The van der Waals surface area contributed by atoms with E-state index in [1.54, 1.807) is 0 Å². The molecule has 1 heterocycles. The number of aliphatic carboxylic acids is 1. The van der Waals surface area contributed by atoms with E-state index in [1.807, 2.05) is 0 Å². The van der Waals surface area contributed by atoms with Gasteiger partial charge in [0.1, 0.15) is 0 Å². The van der Waals surface area contributed by atoms with Crippen molar-refractivity contribution < 1.29 is 15.4 Å². The number of carboxylic acids is 1. The summed E-state index contributed by atoms with van der Waals surface area (Å²) < 4.78 is 0. The van der Waals surface area contributed by atoms with E-state index >= 15 is 0 Å². The van der Waals surface area contributed by atoms with Crippen molar-refractivity contribution >= 4 is 5.97 Å². The molecule has 4 nitrogen and oxygen atoms in total. The van der Waals surface area contributed by atoms with Crippen LogP contribution in [0.5, 0.6) is 0 Å². The van der Waals surface area contributed by atoms with E-state index in [-0.39, 0.29) is 11.4 Å². The molecule has 4 N–H and O–H groups in total. The number of carbonyl (C=O) groups is 1. The van der Waals surface area contributed by atoms with Gasteiger partial charge in [0, 0.05) is 13.1 Å². The molecular formula is C8H15NO3. The first-order valence-corrected chi connectivity index (χ1v) is 4.07. The molecule has 4 heteroatoms. The van der Waals surface area contributed by atoms with Crippen molar-refractivity contribution in [2.24, 2.45) is 17.3 Å². The zero-order chi connectivity index (χ0) is 8.06. The Kier molecular flexibility index (Phi) is 2.14. The molecule has 1 aliphatic carbocycles. The highest BCUT2D eigenvalue weighted by Gasteiger charge is 2.57. The zero-order valence-electron chi connectivity index (χ0n) is 7.13. The molecule has 1 saturated carbocycles. The first-order valence-electron chi connectivity index (χ1n) is 4.07. The third-order valence-electron chi connectivity index (χ3n) is 3.12. The predicted octanol–water partition coefficient (Wildman–Crippen LogP) is -0.508. The van der Waals surface area contributed by atoms with Gasteiger partial charge in [0.25, 0.3) is 0 Å². The average Bonchev–Trinajstić information content (AvgIpc) is 2.58. The molecule has 2 aliphatic rings. The Bertz CT molecular complexity index is 206. The highest BCUT2D eigenvalue weighted by atomic mass is 16.4. The largest absolute Gasteiger partial charge is 0.481 e. The van der Waals surface area contributed by atoms with Crippen molar-refractivity contribution in [3.8, 4) is 0 Å². The lowest BCUT2D eigenvalue weighted by Gasteiger charge is -2.23. The van der Waals surface area contributed by atoms with Crippen LogP contribution in [0.4, 0.5) is 0 Å². The minimum atomic E-state index is -0.633. The van der Waals surface area contributed by atoms with Gasteiger partial charge in [0.05, 0.1) is 5.92 Å². The lowest BCUT2D eigenvalue weighted by Crippen LogP contribution is -2.39. The molecule has 0 bridgehead atoms. The van der Waals surface area contributed by atoms with Gasteiger partial charge < -0.3 is 15.9 Å². The number of carboxylic acid groups (broad SMARTS) is 1.